The topological polar surface area (TPSA) is 77.2 Å². The number of rotatable bonds is 3. The number of piperidine rings is 1. The summed E-state index contributed by atoms with van der Waals surface area (Å²) in [6.07, 6.45) is 8.46. The molecule has 1 fully saturated rings. The van der Waals surface area contributed by atoms with Gasteiger partial charge in [-0.3, -0.25) is 4.98 Å². The first kappa shape index (κ1) is 15.1. The summed E-state index contributed by atoms with van der Waals surface area (Å²) in [4.78, 5) is 19.4. The second kappa shape index (κ2) is 6.25. The fourth-order valence-corrected chi connectivity index (χ4v) is 3.44. The Labute approximate surface area is 149 Å². The van der Waals surface area contributed by atoms with E-state index in [1.807, 2.05) is 24.3 Å². The average Bonchev–Trinajstić information content (AvgIpc) is 3.08. The molecule has 4 heterocycles. The number of nitrogens with zero attached hydrogens (tertiary/aromatic N) is 5. The molecule has 0 amide bonds. The molecule has 130 valence electrons. The van der Waals surface area contributed by atoms with E-state index in [1.165, 1.54) is 0 Å². The van der Waals surface area contributed by atoms with Gasteiger partial charge in [-0.05, 0) is 12.1 Å². The van der Waals surface area contributed by atoms with Crippen LogP contribution < -0.4 is 9.64 Å². The number of fused-ring (bicyclic) bond motifs is 3. The molecule has 1 saturated heterocycles. The molecule has 1 aliphatic heterocycles. The van der Waals surface area contributed by atoms with Gasteiger partial charge in [-0.25, -0.2) is 15.0 Å². The number of anilines is 1. The highest BCUT2D eigenvalue weighted by molar-refractivity contribution is 6.05. The standard InChI is InChI=1S/C19H17N5O2/c1-2-4-15-14(3-1)17-18(26-15)19(23-12-22-17)24-9-5-13(6-10-24)25-16-11-20-7-8-21-16/h1-4,7-8,11-13H,5-6,9-10H2. The summed E-state index contributed by atoms with van der Waals surface area (Å²) in [5, 5.41) is 1.02. The molecule has 0 aliphatic carbocycles. The van der Waals surface area contributed by atoms with Crippen molar-refractivity contribution in [3.8, 4) is 5.88 Å². The Morgan fingerprint density at radius 2 is 1.92 bits per heavy atom. The molecule has 7 nitrogen and oxygen atoms in total. The lowest BCUT2D eigenvalue weighted by molar-refractivity contribution is 0.163. The third-order valence-electron chi connectivity index (χ3n) is 4.71. The molecular formula is C19H17N5O2. The molecule has 1 aliphatic rings. The van der Waals surface area contributed by atoms with E-state index in [2.05, 4.69) is 24.8 Å². The van der Waals surface area contributed by atoms with Gasteiger partial charge in [0.05, 0.1) is 6.20 Å². The number of benzene rings is 1. The zero-order valence-electron chi connectivity index (χ0n) is 14.1. The molecule has 3 aromatic heterocycles. The fraction of sp³-hybridized carbons (Fsp3) is 0.263. The highest BCUT2D eigenvalue weighted by Crippen LogP contribution is 2.33. The second-order valence-corrected chi connectivity index (χ2v) is 6.32. The van der Waals surface area contributed by atoms with Gasteiger partial charge in [0.15, 0.2) is 11.4 Å². The Hall–Kier alpha value is -3.22. The molecule has 0 saturated carbocycles. The molecule has 1 aromatic carbocycles. The first-order chi connectivity index (χ1) is 12.9. The number of para-hydroxylation sites is 1. The summed E-state index contributed by atoms with van der Waals surface area (Å²) in [6.45, 7) is 1.68. The van der Waals surface area contributed by atoms with Gasteiger partial charge >= 0.3 is 0 Å². The lowest BCUT2D eigenvalue weighted by Crippen LogP contribution is -2.38. The number of hydrogen-bond acceptors (Lipinski definition) is 7. The van der Waals surface area contributed by atoms with Crippen LogP contribution in [0.2, 0.25) is 0 Å². The van der Waals surface area contributed by atoms with Crippen LogP contribution in [0.3, 0.4) is 0 Å². The minimum absolute atomic E-state index is 0.135. The monoisotopic (exact) mass is 347 g/mol. The van der Waals surface area contributed by atoms with Crippen molar-refractivity contribution < 1.29 is 9.15 Å². The van der Waals surface area contributed by atoms with Crippen molar-refractivity contribution in [3.05, 3.63) is 49.2 Å². The van der Waals surface area contributed by atoms with Gasteiger partial charge in [0.25, 0.3) is 0 Å². The van der Waals surface area contributed by atoms with E-state index in [9.17, 15) is 0 Å². The summed E-state index contributed by atoms with van der Waals surface area (Å²) >= 11 is 0. The van der Waals surface area contributed by atoms with Crippen molar-refractivity contribution in [2.45, 2.75) is 18.9 Å². The normalized spacial score (nSPS) is 15.6. The predicted molar refractivity (Wildman–Crippen MR) is 97.2 cm³/mol. The van der Waals surface area contributed by atoms with Crippen LogP contribution >= 0.6 is 0 Å². The van der Waals surface area contributed by atoms with Gasteiger partial charge in [-0.2, -0.15) is 0 Å². The first-order valence-electron chi connectivity index (χ1n) is 8.68. The molecule has 0 bridgehead atoms. The van der Waals surface area contributed by atoms with Crippen LogP contribution in [0.15, 0.2) is 53.6 Å². The third kappa shape index (κ3) is 2.61. The highest BCUT2D eigenvalue weighted by atomic mass is 16.5. The Kier molecular flexibility index (Phi) is 3.62. The van der Waals surface area contributed by atoms with Crippen molar-refractivity contribution in [2.75, 3.05) is 18.0 Å². The van der Waals surface area contributed by atoms with Gasteiger partial charge in [-0.1, -0.05) is 12.1 Å². The van der Waals surface area contributed by atoms with Crippen LogP contribution in [0.1, 0.15) is 12.8 Å². The van der Waals surface area contributed by atoms with E-state index in [0.717, 1.165) is 53.8 Å². The van der Waals surface area contributed by atoms with E-state index >= 15 is 0 Å². The maximum absolute atomic E-state index is 6.04. The SMILES string of the molecule is c1ccc2c(c1)oc1c(N3CCC(Oc4cnccn4)CC3)ncnc12. The van der Waals surface area contributed by atoms with Gasteiger partial charge in [0.1, 0.15) is 23.5 Å². The van der Waals surface area contributed by atoms with E-state index in [0.29, 0.717) is 5.88 Å². The van der Waals surface area contributed by atoms with E-state index in [1.54, 1.807) is 24.9 Å². The van der Waals surface area contributed by atoms with Gasteiger partial charge in [0.2, 0.25) is 5.88 Å². The van der Waals surface area contributed by atoms with Crippen LogP contribution in [0.25, 0.3) is 22.1 Å². The summed E-state index contributed by atoms with van der Waals surface area (Å²) in [7, 11) is 0. The van der Waals surface area contributed by atoms with E-state index in [-0.39, 0.29) is 6.10 Å². The summed E-state index contributed by atoms with van der Waals surface area (Å²) in [5.41, 5.74) is 2.45. The first-order valence-corrected chi connectivity index (χ1v) is 8.68. The van der Waals surface area contributed by atoms with Crippen LogP contribution in [-0.2, 0) is 0 Å². The van der Waals surface area contributed by atoms with Crippen LogP contribution in [0.5, 0.6) is 5.88 Å². The minimum atomic E-state index is 0.135. The lowest BCUT2D eigenvalue weighted by atomic mass is 10.1. The number of furan rings is 1. The average molecular weight is 347 g/mol. The van der Waals surface area contributed by atoms with Crippen LogP contribution in [0.4, 0.5) is 5.82 Å². The molecular weight excluding hydrogens is 330 g/mol. The Balaban J connectivity index is 1.38. The quantitative estimate of drug-likeness (QED) is 0.563. The number of aromatic nitrogens is 4. The Morgan fingerprint density at radius 1 is 1.04 bits per heavy atom. The zero-order chi connectivity index (χ0) is 17.3. The molecule has 0 N–H and O–H groups in total. The molecule has 7 heteroatoms. The molecule has 0 spiro atoms. The summed E-state index contributed by atoms with van der Waals surface area (Å²) in [5.74, 6) is 1.43. The van der Waals surface area contributed by atoms with Crippen molar-refractivity contribution in [1.82, 2.24) is 19.9 Å². The molecule has 0 radical (unpaired) electrons. The van der Waals surface area contributed by atoms with Crippen molar-refractivity contribution in [2.24, 2.45) is 0 Å². The van der Waals surface area contributed by atoms with Crippen LogP contribution in [-0.4, -0.2) is 39.1 Å². The van der Waals surface area contributed by atoms with Gasteiger partial charge in [0, 0.05) is 43.7 Å². The molecule has 0 atom stereocenters. The van der Waals surface area contributed by atoms with Crippen molar-refractivity contribution >= 4 is 27.9 Å². The van der Waals surface area contributed by atoms with Crippen LogP contribution in [0, 0.1) is 0 Å². The number of hydrogen-bond donors (Lipinski definition) is 0. The molecule has 4 aromatic rings. The van der Waals surface area contributed by atoms with E-state index < -0.39 is 0 Å². The smallest absolute Gasteiger partial charge is 0.232 e. The van der Waals surface area contributed by atoms with Crippen molar-refractivity contribution in [3.63, 3.8) is 0 Å². The lowest BCUT2D eigenvalue weighted by Gasteiger charge is -2.32. The predicted octanol–water partition coefficient (Wildman–Crippen LogP) is 3.21. The minimum Gasteiger partial charge on any atom is -0.473 e. The molecule has 26 heavy (non-hydrogen) atoms. The highest BCUT2D eigenvalue weighted by Gasteiger charge is 2.25. The maximum atomic E-state index is 6.04. The fourth-order valence-electron chi connectivity index (χ4n) is 3.44. The molecule has 0 unspecified atom stereocenters. The second-order valence-electron chi connectivity index (χ2n) is 6.32. The van der Waals surface area contributed by atoms with Crippen molar-refractivity contribution in [1.29, 1.82) is 0 Å². The zero-order valence-corrected chi connectivity index (χ0v) is 14.1. The largest absolute Gasteiger partial charge is 0.473 e. The number of ether oxygens (including phenoxy) is 1. The van der Waals surface area contributed by atoms with Gasteiger partial charge < -0.3 is 14.1 Å². The van der Waals surface area contributed by atoms with Gasteiger partial charge in [-0.15, -0.1) is 0 Å². The van der Waals surface area contributed by atoms with E-state index in [4.69, 9.17) is 9.15 Å². The summed E-state index contributed by atoms with van der Waals surface area (Å²) in [6, 6.07) is 7.95. The summed E-state index contributed by atoms with van der Waals surface area (Å²) < 4.78 is 12.0. The Bertz CT molecular complexity index is 1040. The molecule has 5 rings (SSSR count). The Morgan fingerprint density at radius 3 is 2.77 bits per heavy atom. The third-order valence-corrected chi connectivity index (χ3v) is 4.71. The maximum Gasteiger partial charge on any atom is 0.232 e.